The molecule has 1 aliphatic heterocycles. The second-order valence-corrected chi connectivity index (χ2v) is 5.88. The topological polar surface area (TPSA) is 41.1 Å². The van der Waals surface area contributed by atoms with Gasteiger partial charge in [0, 0.05) is 22.4 Å². The van der Waals surface area contributed by atoms with Crippen molar-refractivity contribution in [3.8, 4) is 0 Å². The predicted octanol–water partition coefficient (Wildman–Crippen LogP) is 3.91. The van der Waals surface area contributed by atoms with E-state index in [1.54, 1.807) is 0 Å². The molecular weight excluding hydrogens is 316 g/mol. The maximum absolute atomic E-state index is 12.5. The van der Waals surface area contributed by atoms with E-state index in [1.165, 1.54) is 0 Å². The Balaban J connectivity index is 1.81. The number of carbonyl (C=O) groups excluding carboxylic acids is 1. The van der Waals surface area contributed by atoms with Gasteiger partial charge in [0.2, 0.25) is 5.91 Å². The van der Waals surface area contributed by atoms with Crippen molar-refractivity contribution in [3.63, 3.8) is 0 Å². The summed E-state index contributed by atoms with van der Waals surface area (Å²) in [6.45, 7) is 2.64. The lowest BCUT2D eigenvalue weighted by Gasteiger charge is -2.13. The summed E-state index contributed by atoms with van der Waals surface area (Å²) in [5.74, 6) is -0.0953. The van der Waals surface area contributed by atoms with Crippen molar-refractivity contribution in [2.45, 2.75) is 12.8 Å². The van der Waals surface area contributed by atoms with Crippen LogP contribution in [-0.4, -0.2) is 12.5 Å². The number of benzene rings is 2. The highest BCUT2D eigenvalue weighted by Crippen LogP contribution is 2.32. The van der Waals surface area contributed by atoms with Gasteiger partial charge < -0.3 is 10.6 Å². The van der Waals surface area contributed by atoms with Gasteiger partial charge in [0.1, 0.15) is 0 Å². The molecule has 2 aromatic carbocycles. The summed E-state index contributed by atoms with van der Waals surface area (Å²) in [7, 11) is 0. The fourth-order valence-corrected chi connectivity index (χ4v) is 2.98. The third-order valence-corrected chi connectivity index (χ3v) is 4.09. The van der Waals surface area contributed by atoms with Crippen LogP contribution in [-0.2, 0) is 4.79 Å². The van der Waals surface area contributed by atoms with Crippen molar-refractivity contribution in [2.75, 3.05) is 17.2 Å². The molecule has 2 N–H and O–H groups in total. The van der Waals surface area contributed by atoms with Gasteiger partial charge in [-0.05, 0) is 42.3 Å². The zero-order valence-electron chi connectivity index (χ0n) is 11.1. The lowest BCUT2D eigenvalue weighted by molar-refractivity contribution is -0.117. The van der Waals surface area contributed by atoms with E-state index in [0.717, 1.165) is 27.0 Å². The summed E-state index contributed by atoms with van der Waals surface area (Å²) >= 11 is 3.43. The van der Waals surface area contributed by atoms with Gasteiger partial charge in [-0.2, -0.15) is 0 Å². The summed E-state index contributed by atoms with van der Waals surface area (Å²) in [6.07, 6.45) is 0. The second kappa shape index (κ2) is 5.29. The highest BCUT2D eigenvalue weighted by molar-refractivity contribution is 9.10. The SMILES string of the molecule is Cc1cc(Br)ccc1NC(=O)C1CNc2ccccc21. The van der Waals surface area contributed by atoms with Crippen LogP contribution in [0.5, 0.6) is 0 Å². The molecule has 0 aromatic heterocycles. The quantitative estimate of drug-likeness (QED) is 0.876. The molecule has 0 fully saturated rings. The first-order valence-corrected chi connectivity index (χ1v) is 7.34. The Bertz CT molecular complexity index is 669. The van der Waals surface area contributed by atoms with Gasteiger partial charge in [-0.15, -0.1) is 0 Å². The number of hydrogen-bond acceptors (Lipinski definition) is 2. The number of hydrogen-bond donors (Lipinski definition) is 2. The van der Waals surface area contributed by atoms with E-state index < -0.39 is 0 Å². The standard InChI is InChI=1S/C16H15BrN2O/c1-10-8-11(17)6-7-14(10)19-16(20)13-9-18-15-5-3-2-4-12(13)15/h2-8,13,18H,9H2,1H3,(H,19,20). The van der Waals surface area contributed by atoms with Gasteiger partial charge in [-0.3, -0.25) is 4.79 Å². The van der Waals surface area contributed by atoms with Gasteiger partial charge in [0.15, 0.2) is 0 Å². The molecule has 1 atom stereocenters. The molecular formula is C16H15BrN2O. The van der Waals surface area contributed by atoms with E-state index >= 15 is 0 Å². The molecule has 2 aromatic rings. The predicted molar refractivity (Wildman–Crippen MR) is 85.2 cm³/mol. The molecule has 0 radical (unpaired) electrons. The lowest BCUT2D eigenvalue weighted by atomic mass is 10.0. The molecule has 1 heterocycles. The zero-order chi connectivity index (χ0) is 14.1. The number of nitrogens with one attached hydrogen (secondary N) is 2. The van der Waals surface area contributed by atoms with Crippen LogP contribution < -0.4 is 10.6 Å². The Kier molecular flexibility index (Phi) is 3.49. The Hall–Kier alpha value is -1.81. The molecule has 0 bridgehead atoms. The lowest BCUT2D eigenvalue weighted by Crippen LogP contribution is -2.22. The van der Waals surface area contributed by atoms with Gasteiger partial charge >= 0.3 is 0 Å². The molecule has 3 rings (SSSR count). The molecule has 0 spiro atoms. The molecule has 0 aliphatic carbocycles. The molecule has 1 unspecified atom stereocenters. The fourth-order valence-electron chi connectivity index (χ4n) is 2.50. The first kappa shape index (κ1) is 13.2. The Morgan fingerprint density at radius 1 is 1.30 bits per heavy atom. The van der Waals surface area contributed by atoms with Crippen LogP contribution in [0.4, 0.5) is 11.4 Å². The van der Waals surface area contributed by atoms with E-state index in [2.05, 4.69) is 26.6 Å². The van der Waals surface area contributed by atoms with Crippen molar-refractivity contribution < 1.29 is 4.79 Å². The van der Waals surface area contributed by atoms with Crippen LogP contribution in [0.2, 0.25) is 0 Å². The maximum Gasteiger partial charge on any atom is 0.233 e. The minimum absolute atomic E-state index is 0.0351. The number of aryl methyl sites for hydroxylation is 1. The van der Waals surface area contributed by atoms with Gasteiger partial charge in [-0.1, -0.05) is 34.1 Å². The normalized spacial score (nSPS) is 16.4. The Morgan fingerprint density at radius 3 is 2.90 bits per heavy atom. The van der Waals surface area contributed by atoms with Crippen LogP contribution in [0.15, 0.2) is 46.9 Å². The van der Waals surface area contributed by atoms with E-state index in [4.69, 9.17) is 0 Å². The van der Waals surface area contributed by atoms with Crippen molar-refractivity contribution >= 4 is 33.2 Å². The highest BCUT2D eigenvalue weighted by atomic mass is 79.9. The summed E-state index contributed by atoms with van der Waals surface area (Å²) in [5.41, 5.74) is 4.04. The molecule has 0 saturated heterocycles. The molecule has 102 valence electrons. The largest absolute Gasteiger partial charge is 0.384 e. The third-order valence-electron chi connectivity index (χ3n) is 3.60. The summed E-state index contributed by atoms with van der Waals surface area (Å²) in [5, 5.41) is 6.29. The van der Waals surface area contributed by atoms with E-state index in [-0.39, 0.29) is 11.8 Å². The monoisotopic (exact) mass is 330 g/mol. The number of anilines is 2. The van der Waals surface area contributed by atoms with E-state index in [1.807, 2.05) is 49.4 Å². The number of rotatable bonds is 2. The summed E-state index contributed by atoms with van der Waals surface area (Å²) in [6, 6.07) is 13.8. The molecule has 0 saturated carbocycles. The number of carbonyl (C=O) groups is 1. The summed E-state index contributed by atoms with van der Waals surface area (Å²) in [4.78, 5) is 12.5. The smallest absolute Gasteiger partial charge is 0.233 e. The first-order chi connectivity index (χ1) is 9.65. The van der Waals surface area contributed by atoms with Gasteiger partial charge in [0.05, 0.1) is 5.92 Å². The average Bonchev–Trinajstić information content (AvgIpc) is 2.86. The Morgan fingerprint density at radius 2 is 2.10 bits per heavy atom. The van der Waals surface area contributed by atoms with Crippen molar-refractivity contribution in [1.29, 1.82) is 0 Å². The van der Waals surface area contributed by atoms with E-state index in [0.29, 0.717) is 6.54 Å². The average molecular weight is 331 g/mol. The minimum atomic E-state index is -0.130. The van der Waals surface area contributed by atoms with Crippen molar-refractivity contribution in [1.82, 2.24) is 0 Å². The highest BCUT2D eigenvalue weighted by Gasteiger charge is 2.28. The zero-order valence-corrected chi connectivity index (χ0v) is 12.7. The fraction of sp³-hybridized carbons (Fsp3) is 0.188. The van der Waals surface area contributed by atoms with Crippen LogP contribution in [0.1, 0.15) is 17.0 Å². The Labute approximate surface area is 126 Å². The van der Waals surface area contributed by atoms with Crippen LogP contribution >= 0.6 is 15.9 Å². The van der Waals surface area contributed by atoms with Crippen LogP contribution in [0, 0.1) is 6.92 Å². The van der Waals surface area contributed by atoms with Crippen LogP contribution in [0.3, 0.4) is 0 Å². The van der Waals surface area contributed by atoms with Crippen LogP contribution in [0.25, 0.3) is 0 Å². The summed E-state index contributed by atoms with van der Waals surface area (Å²) < 4.78 is 1.01. The molecule has 1 aliphatic rings. The number of para-hydroxylation sites is 1. The first-order valence-electron chi connectivity index (χ1n) is 6.55. The van der Waals surface area contributed by atoms with Crippen molar-refractivity contribution in [3.05, 3.63) is 58.1 Å². The molecule has 20 heavy (non-hydrogen) atoms. The third kappa shape index (κ3) is 2.43. The molecule has 3 nitrogen and oxygen atoms in total. The molecule has 4 heteroatoms. The van der Waals surface area contributed by atoms with Gasteiger partial charge in [0.25, 0.3) is 0 Å². The second-order valence-electron chi connectivity index (χ2n) is 4.97. The maximum atomic E-state index is 12.5. The minimum Gasteiger partial charge on any atom is -0.384 e. The molecule has 1 amide bonds. The number of halogens is 1. The van der Waals surface area contributed by atoms with E-state index in [9.17, 15) is 4.79 Å². The number of fused-ring (bicyclic) bond motifs is 1. The van der Waals surface area contributed by atoms with Crippen molar-refractivity contribution in [2.24, 2.45) is 0 Å². The number of amides is 1. The van der Waals surface area contributed by atoms with Gasteiger partial charge in [-0.25, -0.2) is 0 Å².